The Hall–Kier alpha value is -3.39. The van der Waals surface area contributed by atoms with Gasteiger partial charge in [-0.25, -0.2) is 13.8 Å². The number of ether oxygens (including phenoxy) is 1. The fourth-order valence-corrected chi connectivity index (χ4v) is 4.62. The van der Waals surface area contributed by atoms with Crippen LogP contribution in [0.1, 0.15) is 34.6 Å². The van der Waals surface area contributed by atoms with Gasteiger partial charge in [-0.2, -0.15) is 17.5 Å². The quantitative estimate of drug-likeness (QED) is 0.378. The Kier molecular flexibility index (Phi) is 8.17. The summed E-state index contributed by atoms with van der Waals surface area (Å²) >= 11 is 0.873. The van der Waals surface area contributed by atoms with E-state index in [1.165, 1.54) is 18.2 Å². The highest BCUT2D eigenvalue weighted by Gasteiger charge is 2.33. The van der Waals surface area contributed by atoms with E-state index in [1.807, 2.05) is 4.90 Å². The van der Waals surface area contributed by atoms with Crippen molar-refractivity contribution in [2.24, 2.45) is 0 Å². The molecular formula is C23H23F5N6O2S. The number of anilines is 3. The molecular weight excluding hydrogens is 519 g/mol. The molecule has 4 rings (SSSR count). The van der Waals surface area contributed by atoms with Crippen LogP contribution in [0.15, 0.2) is 30.6 Å². The van der Waals surface area contributed by atoms with Gasteiger partial charge in [-0.3, -0.25) is 9.78 Å². The molecule has 1 amide bonds. The van der Waals surface area contributed by atoms with Crippen LogP contribution in [0.4, 0.5) is 38.5 Å². The third kappa shape index (κ3) is 6.68. The molecule has 0 atom stereocenters. The Bertz CT molecular complexity index is 1250. The van der Waals surface area contributed by atoms with Crippen molar-refractivity contribution in [2.45, 2.75) is 32.0 Å². The lowest BCUT2D eigenvalue weighted by Gasteiger charge is -2.31. The van der Waals surface area contributed by atoms with Crippen molar-refractivity contribution in [1.82, 2.24) is 19.2 Å². The van der Waals surface area contributed by atoms with Crippen molar-refractivity contribution in [2.75, 3.05) is 36.9 Å². The number of piperidine rings is 1. The van der Waals surface area contributed by atoms with Crippen LogP contribution in [0.5, 0.6) is 5.75 Å². The second-order valence-corrected chi connectivity index (χ2v) is 9.10. The van der Waals surface area contributed by atoms with Crippen LogP contribution in [0, 0.1) is 12.7 Å². The molecule has 1 aliphatic heterocycles. The number of rotatable bonds is 8. The van der Waals surface area contributed by atoms with Gasteiger partial charge in [0, 0.05) is 31.4 Å². The molecule has 0 saturated carbocycles. The third-order valence-electron chi connectivity index (χ3n) is 5.67. The lowest BCUT2D eigenvalue weighted by atomic mass is 10.1. The summed E-state index contributed by atoms with van der Waals surface area (Å²) in [5.41, 5.74) is -0.497. The lowest BCUT2D eigenvalue weighted by molar-refractivity contribution is -0.141. The zero-order chi connectivity index (χ0) is 26.6. The maximum atomic E-state index is 14.4. The Morgan fingerprint density at radius 2 is 2.00 bits per heavy atom. The summed E-state index contributed by atoms with van der Waals surface area (Å²) in [5, 5.41) is 5.49. The first-order valence-corrected chi connectivity index (χ1v) is 12.1. The summed E-state index contributed by atoms with van der Waals surface area (Å²) in [6.07, 6.45) is -2.01. The number of likely N-dealkylation sites (tertiary alicyclic amines) is 1. The second-order valence-electron chi connectivity index (χ2n) is 8.33. The van der Waals surface area contributed by atoms with Gasteiger partial charge in [0.05, 0.1) is 23.7 Å². The number of alkyl halides is 4. The molecule has 0 radical (unpaired) electrons. The number of nitrogens with one attached hydrogen (secondary N) is 2. The molecule has 14 heteroatoms. The summed E-state index contributed by atoms with van der Waals surface area (Å²) in [4.78, 5) is 22.1. The number of hydrogen-bond acceptors (Lipinski definition) is 8. The maximum Gasteiger partial charge on any atom is 0.434 e. The minimum absolute atomic E-state index is 0.0282. The first-order chi connectivity index (χ1) is 17.6. The average Bonchev–Trinajstić information content (AvgIpc) is 3.22. The van der Waals surface area contributed by atoms with Crippen molar-refractivity contribution in [1.29, 1.82) is 0 Å². The van der Waals surface area contributed by atoms with Crippen LogP contribution in [-0.4, -0.2) is 57.6 Å². The Morgan fingerprint density at radius 1 is 1.24 bits per heavy atom. The first-order valence-electron chi connectivity index (χ1n) is 11.3. The molecule has 0 aliphatic carbocycles. The summed E-state index contributed by atoms with van der Waals surface area (Å²) in [6.45, 7) is 2.79. The van der Waals surface area contributed by atoms with Crippen molar-refractivity contribution in [3.63, 3.8) is 0 Å². The number of hydrogen-bond donors (Lipinski definition) is 2. The van der Waals surface area contributed by atoms with Crippen LogP contribution < -0.4 is 15.4 Å². The predicted octanol–water partition coefficient (Wildman–Crippen LogP) is 5.21. The SMILES string of the molecule is Cc1nsc(Nc2cncc(C(F)(F)F)n2)c1C(=O)Nc1ccc(F)c(OC2CCN(CCF)CC2)c1. The van der Waals surface area contributed by atoms with Gasteiger partial charge in [0.1, 0.15) is 23.6 Å². The van der Waals surface area contributed by atoms with E-state index < -0.39 is 30.3 Å². The fourth-order valence-electron chi connectivity index (χ4n) is 3.82. The Morgan fingerprint density at radius 3 is 2.70 bits per heavy atom. The number of halogens is 5. The van der Waals surface area contributed by atoms with Crippen LogP contribution in [0.3, 0.4) is 0 Å². The van der Waals surface area contributed by atoms with E-state index in [0.717, 1.165) is 17.7 Å². The molecule has 8 nitrogen and oxygen atoms in total. The van der Waals surface area contributed by atoms with Crippen LogP contribution in [0.25, 0.3) is 0 Å². The van der Waals surface area contributed by atoms with E-state index in [-0.39, 0.29) is 33.9 Å². The Balaban J connectivity index is 1.46. The lowest BCUT2D eigenvalue weighted by Crippen LogP contribution is -2.39. The number of carbonyl (C=O) groups excluding carboxylic acids is 1. The third-order valence-corrected chi connectivity index (χ3v) is 6.53. The van der Waals surface area contributed by atoms with Crippen LogP contribution in [0.2, 0.25) is 0 Å². The first kappa shape index (κ1) is 26.7. The molecule has 198 valence electrons. The van der Waals surface area contributed by atoms with Crippen molar-refractivity contribution >= 4 is 33.9 Å². The largest absolute Gasteiger partial charge is 0.487 e. The smallest absolute Gasteiger partial charge is 0.434 e. The highest BCUT2D eigenvalue weighted by atomic mass is 32.1. The fraction of sp³-hybridized carbons (Fsp3) is 0.391. The number of nitrogens with zero attached hydrogens (tertiary/aromatic N) is 4. The minimum atomic E-state index is -4.68. The molecule has 3 aromatic rings. The molecule has 1 aliphatic rings. The monoisotopic (exact) mass is 542 g/mol. The summed E-state index contributed by atoms with van der Waals surface area (Å²) in [7, 11) is 0. The molecule has 1 aromatic carbocycles. The van der Waals surface area contributed by atoms with Crippen molar-refractivity contribution < 1.29 is 31.5 Å². The van der Waals surface area contributed by atoms with Gasteiger partial charge in [0.15, 0.2) is 17.3 Å². The molecule has 0 unspecified atom stereocenters. The molecule has 0 spiro atoms. The van der Waals surface area contributed by atoms with E-state index in [2.05, 4.69) is 25.0 Å². The normalized spacial score (nSPS) is 15.0. The summed E-state index contributed by atoms with van der Waals surface area (Å²) in [6, 6.07) is 3.89. The van der Waals surface area contributed by atoms with E-state index in [1.54, 1.807) is 6.92 Å². The topological polar surface area (TPSA) is 92.3 Å². The molecule has 0 bridgehead atoms. The molecule has 1 saturated heterocycles. The highest BCUT2D eigenvalue weighted by Crippen LogP contribution is 2.32. The van der Waals surface area contributed by atoms with Gasteiger partial charge < -0.3 is 20.3 Å². The van der Waals surface area contributed by atoms with Gasteiger partial charge in [0.2, 0.25) is 0 Å². The van der Waals surface area contributed by atoms with E-state index in [0.29, 0.717) is 44.4 Å². The number of amides is 1. The number of aromatic nitrogens is 3. The number of benzene rings is 1. The van der Waals surface area contributed by atoms with Crippen LogP contribution in [-0.2, 0) is 6.18 Å². The average molecular weight is 543 g/mol. The van der Waals surface area contributed by atoms with Gasteiger partial charge in [0.25, 0.3) is 5.91 Å². The standard InChI is InChI=1S/C23H23F5N6O2S/c1-13-20(22(37-33-13)32-19-12-29-11-18(31-19)23(26,27)28)21(35)30-14-2-3-16(25)17(10-14)36-15-4-7-34(8-5-15)9-6-24/h2-3,10-12,15H,4-9H2,1H3,(H,30,35)(H,31,32). The molecule has 37 heavy (non-hydrogen) atoms. The zero-order valence-corrected chi connectivity index (χ0v) is 20.4. The van der Waals surface area contributed by atoms with Gasteiger partial charge >= 0.3 is 6.18 Å². The van der Waals surface area contributed by atoms with E-state index >= 15 is 0 Å². The predicted molar refractivity (Wildman–Crippen MR) is 128 cm³/mol. The molecule has 2 N–H and O–H groups in total. The van der Waals surface area contributed by atoms with Gasteiger partial charge in [-0.15, -0.1) is 0 Å². The summed E-state index contributed by atoms with van der Waals surface area (Å²) < 4.78 is 75.8. The highest BCUT2D eigenvalue weighted by molar-refractivity contribution is 7.10. The van der Waals surface area contributed by atoms with Crippen LogP contribution >= 0.6 is 11.5 Å². The van der Waals surface area contributed by atoms with Crippen molar-refractivity contribution in [3.05, 3.63) is 53.4 Å². The number of carbonyl (C=O) groups is 1. The molecule has 1 fully saturated rings. The van der Waals surface area contributed by atoms with Gasteiger partial charge in [-0.05, 0) is 43.4 Å². The van der Waals surface area contributed by atoms with Gasteiger partial charge in [-0.1, -0.05) is 0 Å². The number of aryl methyl sites for hydroxylation is 1. The minimum Gasteiger partial charge on any atom is -0.487 e. The zero-order valence-electron chi connectivity index (χ0n) is 19.6. The molecule has 3 heterocycles. The second kappa shape index (κ2) is 11.3. The molecule has 2 aromatic heterocycles. The maximum absolute atomic E-state index is 14.4. The Labute approximate surface area is 213 Å². The van der Waals surface area contributed by atoms with E-state index in [9.17, 15) is 26.7 Å². The van der Waals surface area contributed by atoms with Crippen molar-refractivity contribution in [3.8, 4) is 5.75 Å². The van der Waals surface area contributed by atoms with E-state index in [4.69, 9.17) is 4.74 Å². The summed E-state index contributed by atoms with van der Waals surface area (Å²) in [5.74, 6) is -1.43.